The van der Waals surface area contributed by atoms with Gasteiger partial charge in [0.05, 0.1) is 0 Å². The van der Waals surface area contributed by atoms with E-state index in [1.54, 1.807) is 42.5 Å². The Labute approximate surface area is 166 Å². The number of carbonyl (C=O) groups is 2. The van der Waals surface area contributed by atoms with Crippen LogP contribution in [0.15, 0.2) is 72.8 Å². The van der Waals surface area contributed by atoms with Crippen molar-refractivity contribution < 1.29 is 28.6 Å². The number of ether oxygens (including phenoxy) is 2. The number of carbonyl (C=O) groups excluding carboxylic acids is 1. The van der Waals surface area contributed by atoms with Gasteiger partial charge in [0.2, 0.25) is 0 Å². The number of hydrogen-bond donors (Lipinski definition) is 2. The summed E-state index contributed by atoms with van der Waals surface area (Å²) in [4.78, 5) is 23.3. The zero-order valence-electron chi connectivity index (χ0n) is 15.3. The fraction of sp³-hybridized carbons (Fsp3) is 0.0909. The summed E-state index contributed by atoms with van der Waals surface area (Å²) in [6.45, 7) is 0.367. The van der Waals surface area contributed by atoms with Crippen LogP contribution < -0.4 is 14.8 Å². The van der Waals surface area contributed by atoms with Crippen LogP contribution in [-0.4, -0.2) is 30.2 Å². The van der Waals surface area contributed by atoms with Crippen LogP contribution in [0, 0.1) is 5.82 Å². The van der Waals surface area contributed by atoms with Gasteiger partial charge in [-0.2, -0.15) is 0 Å². The highest BCUT2D eigenvalue weighted by atomic mass is 19.1. The fourth-order valence-corrected chi connectivity index (χ4v) is 2.52. The van der Waals surface area contributed by atoms with Crippen molar-refractivity contribution in [3.8, 4) is 11.5 Å². The first-order chi connectivity index (χ1) is 14.0. The Hall–Kier alpha value is -3.87. The number of amides is 1. The summed E-state index contributed by atoms with van der Waals surface area (Å²) in [5.41, 5.74) is 1.01. The summed E-state index contributed by atoms with van der Waals surface area (Å²) in [6, 6.07) is 18.4. The molecule has 0 saturated heterocycles. The number of nitrogens with one attached hydrogen (secondary N) is 1. The zero-order chi connectivity index (χ0) is 20.6. The van der Waals surface area contributed by atoms with Crippen LogP contribution in [0.3, 0.4) is 0 Å². The lowest BCUT2D eigenvalue weighted by Crippen LogP contribution is -2.12. The molecular formula is C22H18FNO5. The third-order valence-electron chi connectivity index (χ3n) is 3.95. The number of carboxylic acids is 1. The van der Waals surface area contributed by atoms with E-state index >= 15 is 0 Å². The Bertz CT molecular complexity index is 987. The molecule has 0 atom stereocenters. The molecule has 0 aliphatic heterocycles. The quantitative estimate of drug-likeness (QED) is 0.558. The van der Waals surface area contributed by atoms with Crippen molar-refractivity contribution in [2.45, 2.75) is 0 Å². The molecule has 3 aromatic carbocycles. The van der Waals surface area contributed by atoms with E-state index in [2.05, 4.69) is 5.32 Å². The van der Waals surface area contributed by atoms with Crippen LogP contribution in [0.4, 0.5) is 10.1 Å². The van der Waals surface area contributed by atoms with Crippen molar-refractivity contribution in [2.24, 2.45) is 0 Å². The van der Waals surface area contributed by atoms with Crippen molar-refractivity contribution in [1.82, 2.24) is 0 Å². The normalized spacial score (nSPS) is 10.2. The predicted octanol–water partition coefficient (Wildman–Crippen LogP) is 4.23. The van der Waals surface area contributed by atoms with Crippen LogP contribution in [0.1, 0.15) is 20.7 Å². The Morgan fingerprint density at radius 3 is 2.21 bits per heavy atom. The molecule has 1 amide bonds. The summed E-state index contributed by atoms with van der Waals surface area (Å²) in [7, 11) is 0. The van der Waals surface area contributed by atoms with Crippen molar-refractivity contribution in [3.05, 3.63) is 89.7 Å². The molecule has 0 saturated carbocycles. The van der Waals surface area contributed by atoms with Gasteiger partial charge in [-0.15, -0.1) is 0 Å². The highest BCUT2D eigenvalue weighted by molar-refractivity contribution is 6.04. The molecule has 7 heteroatoms. The maximum Gasteiger partial charge on any atom is 0.339 e. The first-order valence-corrected chi connectivity index (χ1v) is 8.78. The molecule has 3 aromatic rings. The SMILES string of the molecule is O=C(Nc1ccc(F)cc1)c1ccc(OCCOc2ccccc2C(=O)O)cc1. The molecule has 0 bridgehead atoms. The van der Waals surface area contributed by atoms with Gasteiger partial charge < -0.3 is 19.9 Å². The largest absolute Gasteiger partial charge is 0.490 e. The minimum atomic E-state index is -1.06. The first kappa shape index (κ1) is 19.9. The number of para-hydroxylation sites is 1. The number of rotatable bonds is 8. The molecule has 3 rings (SSSR count). The van der Waals surface area contributed by atoms with Gasteiger partial charge in [-0.3, -0.25) is 4.79 Å². The van der Waals surface area contributed by atoms with Crippen molar-refractivity contribution in [1.29, 1.82) is 0 Å². The molecule has 0 spiro atoms. The Morgan fingerprint density at radius 1 is 0.862 bits per heavy atom. The topological polar surface area (TPSA) is 84.9 Å². The predicted molar refractivity (Wildman–Crippen MR) is 105 cm³/mol. The van der Waals surface area contributed by atoms with Gasteiger partial charge in [-0.05, 0) is 60.7 Å². The molecule has 0 unspecified atom stereocenters. The average Bonchev–Trinajstić information content (AvgIpc) is 2.73. The van der Waals surface area contributed by atoms with Gasteiger partial charge >= 0.3 is 5.97 Å². The molecule has 0 aliphatic rings. The van der Waals surface area contributed by atoms with Crippen LogP contribution in [0.5, 0.6) is 11.5 Å². The summed E-state index contributed by atoms with van der Waals surface area (Å²) in [6.07, 6.45) is 0. The van der Waals surface area contributed by atoms with Crippen LogP contribution in [-0.2, 0) is 0 Å². The Morgan fingerprint density at radius 2 is 1.52 bits per heavy atom. The molecule has 29 heavy (non-hydrogen) atoms. The number of anilines is 1. The van der Waals surface area contributed by atoms with Gasteiger partial charge in [0, 0.05) is 11.3 Å². The zero-order valence-corrected chi connectivity index (χ0v) is 15.3. The van der Waals surface area contributed by atoms with E-state index in [9.17, 15) is 14.0 Å². The van der Waals surface area contributed by atoms with Gasteiger partial charge in [0.15, 0.2) is 0 Å². The first-order valence-electron chi connectivity index (χ1n) is 8.78. The van der Waals surface area contributed by atoms with Crippen molar-refractivity contribution in [2.75, 3.05) is 18.5 Å². The van der Waals surface area contributed by atoms with E-state index in [4.69, 9.17) is 14.6 Å². The van der Waals surface area contributed by atoms with E-state index in [-0.39, 0.29) is 36.3 Å². The fourth-order valence-electron chi connectivity index (χ4n) is 2.52. The van der Waals surface area contributed by atoms with Crippen LogP contribution in [0.25, 0.3) is 0 Å². The van der Waals surface area contributed by atoms with Crippen LogP contribution in [0.2, 0.25) is 0 Å². The lowest BCUT2D eigenvalue weighted by atomic mass is 10.2. The lowest BCUT2D eigenvalue weighted by Gasteiger charge is -2.10. The number of hydrogen-bond acceptors (Lipinski definition) is 4. The maximum atomic E-state index is 12.9. The third kappa shape index (κ3) is 5.55. The number of halogens is 1. The third-order valence-corrected chi connectivity index (χ3v) is 3.95. The van der Waals surface area contributed by atoms with E-state index in [1.807, 2.05) is 0 Å². The summed E-state index contributed by atoms with van der Waals surface area (Å²) in [5.74, 6) is -0.942. The van der Waals surface area contributed by atoms with Gasteiger partial charge in [-0.25, -0.2) is 9.18 Å². The van der Waals surface area contributed by atoms with E-state index in [1.165, 1.54) is 30.3 Å². The Kier molecular flexibility index (Phi) is 6.42. The molecule has 0 fully saturated rings. The van der Waals surface area contributed by atoms with Crippen molar-refractivity contribution in [3.63, 3.8) is 0 Å². The van der Waals surface area contributed by atoms with Gasteiger partial charge in [-0.1, -0.05) is 12.1 Å². The standard InChI is InChI=1S/C22H18FNO5/c23-16-7-9-17(10-8-16)24-21(25)15-5-11-18(12-6-15)28-13-14-29-20-4-2-1-3-19(20)22(26)27/h1-12H,13-14H2,(H,24,25)(H,26,27). The minimum Gasteiger partial charge on any atom is -0.490 e. The Balaban J connectivity index is 1.49. The number of benzene rings is 3. The molecule has 6 nitrogen and oxygen atoms in total. The molecule has 0 radical (unpaired) electrons. The van der Waals surface area contributed by atoms with Gasteiger partial charge in [0.25, 0.3) is 5.91 Å². The molecule has 0 heterocycles. The minimum absolute atomic E-state index is 0.0871. The highest BCUT2D eigenvalue weighted by Crippen LogP contribution is 2.18. The monoisotopic (exact) mass is 395 g/mol. The second kappa shape index (κ2) is 9.36. The molecule has 0 aliphatic carbocycles. The van der Waals surface area contributed by atoms with Gasteiger partial charge in [0.1, 0.15) is 36.1 Å². The molecule has 2 N–H and O–H groups in total. The summed E-state index contributed by atoms with van der Waals surface area (Å²) >= 11 is 0. The number of carboxylic acid groups (broad SMARTS) is 1. The second-order valence-corrected chi connectivity index (χ2v) is 5.98. The summed E-state index contributed by atoms with van der Waals surface area (Å²) < 4.78 is 23.9. The summed E-state index contributed by atoms with van der Waals surface area (Å²) in [5, 5.41) is 11.8. The molecule has 0 aromatic heterocycles. The van der Waals surface area contributed by atoms with Crippen molar-refractivity contribution >= 4 is 17.6 Å². The second-order valence-electron chi connectivity index (χ2n) is 5.98. The smallest absolute Gasteiger partial charge is 0.339 e. The maximum absolute atomic E-state index is 12.9. The van der Waals surface area contributed by atoms with E-state index < -0.39 is 5.97 Å². The van der Waals surface area contributed by atoms with E-state index in [0.717, 1.165) is 0 Å². The van der Waals surface area contributed by atoms with E-state index in [0.29, 0.717) is 17.0 Å². The van der Waals surface area contributed by atoms with Crippen LogP contribution >= 0.6 is 0 Å². The lowest BCUT2D eigenvalue weighted by molar-refractivity contribution is 0.0691. The molecule has 148 valence electrons. The highest BCUT2D eigenvalue weighted by Gasteiger charge is 2.10. The average molecular weight is 395 g/mol. The number of aromatic carboxylic acids is 1. The molecular weight excluding hydrogens is 377 g/mol.